The first kappa shape index (κ1) is 21.4. The molecule has 0 bridgehead atoms. The summed E-state index contributed by atoms with van der Waals surface area (Å²) in [7, 11) is 0. The summed E-state index contributed by atoms with van der Waals surface area (Å²) >= 11 is -2.02. The van der Waals surface area contributed by atoms with Gasteiger partial charge in [0.2, 0.25) is 0 Å². The first-order valence-electron chi connectivity index (χ1n) is 10.4. The summed E-state index contributed by atoms with van der Waals surface area (Å²) in [6, 6.07) is 16.6. The van der Waals surface area contributed by atoms with Gasteiger partial charge in [-0.05, 0) is 42.8 Å². The molecule has 3 N–H and O–H groups in total. The third kappa shape index (κ3) is 4.29. The molecule has 1 aliphatic rings. The Kier molecular flexibility index (Phi) is 5.73. The number of fused-ring (bicyclic) bond motifs is 1. The molecule has 3 atom stereocenters. The highest BCUT2D eigenvalue weighted by molar-refractivity contribution is 7.79. The van der Waals surface area contributed by atoms with E-state index in [1.54, 1.807) is 41.3 Å². The molecule has 10 heteroatoms. The van der Waals surface area contributed by atoms with Crippen molar-refractivity contribution >= 4 is 28.3 Å². The number of aryl methyl sites for hydroxylation is 1. The van der Waals surface area contributed by atoms with Crippen molar-refractivity contribution in [3.8, 4) is 0 Å². The van der Waals surface area contributed by atoms with Gasteiger partial charge in [0.25, 0.3) is 0 Å². The lowest BCUT2D eigenvalue weighted by atomic mass is 10.1. The lowest BCUT2D eigenvalue weighted by Crippen LogP contribution is -2.35. The van der Waals surface area contributed by atoms with Crippen LogP contribution in [0.3, 0.4) is 0 Å². The summed E-state index contributed by atoms with van der Waals surface area (Å²) in [5, 5.41) is 17.0. The Morgan fingerprint density at radius 3 is 2.67 bits per heavy atom. The minimum atomic E-state index is -2.02. The van der Waals surface area contributed by atoms with Crippen molar-refractivity contribution in [1.82, 2.24) is 20.0 Å². The molecule has 9 nitrogen and oxygen atoms in total. The van der Waals surface area contributed by atoms with Crippen LogP contribution in [0, 0.1) is 6.92 Å². The fourth-order valence-corrected chi connectivity index (χ4v) is 4.19. The van der Waals surface area contributed by atoms with E-state index in [4.69, 9.17) is 0 Å². The van der Waals surface area contributed by atoms with Crippen molar-refractivity contribution in [2.45, 2.75) is 30.5 Å². The van der Waals surface area contributed by atoms with Gasteiger partial charge in [-0.25, -0.2) is 24.1 Å². The monoisotopic (exact) mass is 462 g/mol. The molecule has 168 valence electrons. The standard InChI is InChI=1S/C23H22N6O3S/c1-15-3-7-17(8-4-15)29-21(13-20(27-29)16-5-9-18(10-6-16)33(31)32)26-23(30)19-14-25-28-12-2-11-24-22(19)28/h2-12,14,20,23,27,30H,13H2,1H3,(H,31,32). The molecule has 0 aliphatic carbocycles. The third-order valence-electron chi connectivity index (χ3n) is 5.56. The van der Waals surface area contributed by atoms with Gasteiger partial charge in [0.1, 0.15) is 5.84 Å². The second kappa shape index (κ2) is 8.83. The Bertz CT molecular complexity index is 1340. The average Bonchev–Trinajstić information content (AvgIpc) is 3.44. The van der Waals surface area contributed by atoms with Crippen molar-refractivity contribution in [3.63, 3.8) is 0 Å². The summed E-state index contributed by atoms with van der Waals surface area (Å²) in [4.78, 5) is 9.27. The largest absolute Gasteiger partial charge is 0.368 e. The SMILES string of the molecule is Cc1ccc(N2NC(c3ccc(S(=O)O)cc3)CC2=NC(O)c2cnn3cccnc23)cc1. The van der Waals surface area contributed by atoms with E-state index in [0.717, 1.165) is 16.8 Å². The molecular weight excluding hydrogens is 440 g/mol. The van der Waals surface area contributed by atoms with E-state index in [0.29, 0.717) is 28.4 Å². The maximum atomic E-state index is 11.3. The maximum absolute atomic E-state index is 11.3. The van der Waals surface area contributed by atoms with Crippen molar-refractivity contribution in [3.05, 3.63) is 89.9 Å². The molecule has 0 amide bonds. The van der Waals surface area contributed by atoms with Gasteiger partial charge < -0.3 is 9.66 Å². The van der Waals surface area contributed by atoms with Crippen LogP contribution in [0.2, 0.25) is 0 Å². The number of benzene rings is 2. The number of anilines is 1. The molecule has 5 rings (SSSR count). The van der Waals surface area contributed by atoms with E-state index in [1.807, 2.05) is 48.3 Å². The fraction of sp³-hybridized carbons (Fsp3) is 0.174. The minimum absolute atomic E-state index is 0.125. The van der Waals surface area contributed by atoms with Gasteiger partial charge in [0.05, 0.1) is 28.4 Å². The van der Waals surface area contributed by atoms with Gasteiger partial charge in [0, 0.05) is 18.8 Å². The van der Waals surface area contributed by atoms with E-state index in [2.05, 4.69) is 20.5 Å². The second-order valence-electron chi connectivity index (χ2n) is 7.78. The molecule has 2 aromatic heterocycles. The Labute approximate surface area is 192 Å². The Hall–Kier alpha value is -3.44. The quantitative estimate of drug-likeness (QED) is 0.390. The maximum Gasteiger partial charge on any atom is 0.186 e. The molecule has 0 saturated carbocycles. The van der Waals surface area contributed by atoms with E-state index >= 15 is 0 Å². The lowest BCUT2D eigenvalue weighted by Gasteiger charge is -2.21. The predicted molar refractivity (Wildman–Crippen MR) is 125 cm³/mol. The molecular formula is C23H22N6O3S. The van der Waals surface area contributed by atoms with Gasteiger partial charge in [-0.2, -0.15) is 5.10 Å². The second-order valence-corrected chi connectivity index (χ2v) is 8.75. The van der Waals surface area contributed by atoms with Crippen LogP contribution < -0.4 is 10.4 Å². The number of aliphatic hydroxyl groups excluding tert-OH is 1. The molecule has 1 saturated heterocycles. The summed E-state index contributed by atoms with van der Waals surface area (Å²) in [6.45, 7) is 2.02. The number of amidine groups is 1. The van der Waals surface area contributed by atoms with Gasteiger partial charge in [-0.3, -0.25) is 5.01 Å². The summed E-state index contributed by atoms with van der Waals surface area (Å²) in [5.41, 5.74) is 7.48. The first-order valence-corrected chi connectivity index (χ1v) is 11.5. The van der Waals surface area contributed by atoms with Crippen LogP contribution in [0.5, 0.6) is 0 Å². The van der Waals surface area contributed by atoms with E-state index in [-0.39, 0.29) is 6.04 Å². The van der Waals surface area contributed by atoms with Crippen molar-refractivity contribution in [1.29, 1.82) is 0 Å². The highest BCUT2D eigenvalue weighted by Gasteiger charge is 2.31. The molecule has 2 aromatic carbocycles. The van der Waals surface area contributed by atoms with Gasteiger partial charge in [0.15, 0.2) is 23.0 Å². The van der Waals surface area contributed by atoms with Crippen LogP contribution in [-0.4, -0.2) is 34.3 Å². The number of hydrogen-bond donors (Lipinski definition) is 3. The van der Waals surface area contributed by atoms with Gasteiger partial charge in [-0.1, -0.05) is 29.8 Å². The highest BCUT2D eigenvalue weighted by Crippen LogP contribution is 2.31. The number of nitrogens with zero attached hydrogens (tertiary/aromatic N) is 5. The molecule has 0 radical (unpaired) electrons. The molecule has 3 unspecified atom stereocenters. The van der Waals surface area contributed by atoms with Crippen molar-refractivity contribution in [2.75, 3.05) is 5.01 Å². The average molecular weight is 463 g/mol. The predicted octanol–water partition coefficient (Wildman–Crippen LogP) is 3.16. The van der Waals surface area contributed by atoms with Crippen LogP contribution in [0.15, 0.2) is 83.1 Å². The summed E-state index contributed by atoms with van der Waals surface area (Å²) in [5.74, 6) is 0.654. The number of nitrogens with one attached hydrogen (secondary N) is 1. The minimum Gasteiger partial charge on any atom is -0.368 e. The number of hydrogen-bond acceptors (Lipinski definition) is 6. The van der Waals surface area contributed by atoms with Gasteiger partial charge >= 0.3 is 0 Å². The number of hydrazine groups is 1. The molecule has 0 spiro atoms. The van der Waals surface area contributed by atoms with Crippen molar-refractivity contribution in [2.24, 2.45) is 4.99 Å². The van der Waals surface area contributed by atoms with Crippen LogP contribution in [-0.2, 0) is 11.1 Å². The Balaban J connectivity index is 1.49. The third-order valence-corrected chi connectivity index (χ3v) is 6.24. The Morgan fingerprint density at radius 1 is 1.18 bits per heavy atom. The van der Waals surface area contributed by atoms with Crippen LogP contribution in [0.1, 0.15) is 35.4 Å². The van der Waals surface area contributed by atoms with Crippen LogP contribution in [0.25, 0.3) is 5.65 Å². The topological polar surface area (TPSA) is 115 Å². The molecule has 4 aromatic rings. The molecule has 1 aliphatic heterocycles. The first-order chi connectivity index (χ1) is 16.0. The normalized spacial score (nSPS) is 19.3. The summed E-state index contributed by atoms with van der Waals surface area (Å²) < 4.78 is 22.2. The highest BCUT2D eigenvalue weighted by atomic mass is 32.2. The van der Waals surface area contributed by atoms with Crippen molar-refractivity contribution < 1.29 is 13.9 Å². The number of rotatable bonds is 5. The fourth-order valence-electron chi connectivity index (χ4n) is 3.82. The molecule has 1 fully saturated rings. The smallest absolute Gasteiger partial charge is 0.186 e. The Morgan fingerprint density at radius 2 is 1.94 bits per heavy atom. The molecule has 3 heterocycles. The van der Waals surface area contributed by atoms with Crippen LogP contribution in [0.4, 0.5) is 5.69 Å². The van der Waals surface area contributed by atoms with E-state index in [1.165, 1.54) is 0 Å². The zero-order valence-corrected chi connectivity index (χ0v) is 18.6. The zero-order valence-electron chi connectivity index (χ0n) is 17.7. The zero-order chi connectivity index (χ0) is 22.9. The lowest BCUT2D eigenvalue weighted by molar-refractivity contribution is 0.189. The van der Waals surface area contributed by atoms with Gasteiger partial charge in [-0.15, -0.1) is 0 Å². The van der Waals surface area contributed by atoms with Crippen LogP contribution >= 0.6 is 0 Å². The summed E-state index contributed by atoms with van der Waals surface area (Å²) in [6.07, 6.45) is 4.36. The number of aromatic nitrogens is 3. The number of aliphatic hydroxyl groups is 1. The number of aliphatic imine (C=N–C) groups is 1. The van der Waals surface area contributed by atoms with E-state index < -0.39 is 17.3 Å². The molecule has 33 heavy (non-hydrogen) atoms. The van der Waals surface area contributed by atoms with E-state index in [9.17, 15) is 13.9 Å².